The van der Waals surface area contributed by atoms with Crippen LogP contribution < -0.4 is 0 Å². The van der Waals surface area contributed by atoms with Crippen LogP contribution in [0.5, 0.6) is 0 Å². The van der Waals surface area contributed by atoms with Crippen molar-refractivity contribution in [1.82, 2.24) is 9.97 Å². The quantitative estimate of drug-likeness (QED) is 0.202. The molecule has 0 aliphatic rings. The van der Waals surface area contributed by atoms with Crippen LogP contribution in [0.4, 0.5) is 0 Å². The summed E-state index contributed by atoms with van der Waals surface area (Å²) in [4.78, 5) is 10.2. The summed E-state index contributed by atoms with van der Waals surface area (Å²) in [7, 11) is 0. The van der Waals surface area contributed by atoms with Crippen molar-refractivity contribution in [3.8, 4) is 0 Å². The lowest BCUT2D eigenvalue weighted by Gasteiger charge is -2.14. The molecule has 0 saturated carbocycles. The van der Waals surface area contributed by atoms with Crippen LogP contribution in [0.25, 0.3) is 65.2 Å². The fourth-order valence-corrected chi connectivity index (χ4v) is 4.85. The molecule has 1 heterocycles. The summed E-state index contributed by atoms with van der Waals surface area (Å²) in [5.74, 6) is 0. The summed E-state index contributed by atoms with van der Waals surface area (Å²) < 4.78 is 0. The Labute approximate surface area is 172 Å². The number of rotatable bonds is 0. The van der Waals surface area contributed by atoms with Gasteiger partial charge in [-0.05, 0) is 33.7 Å². The molecule has 0 aliphatic heterocycles. The van der Waals surface area contributed by atoms with Gasteiger partial charge < -0.3 is 0 Å². The topological polar surface area (TPSA) is 25.8 Å². The fraction of sp³-hybridized carbons (Fsp3) is 0. The van der Waals surface area contributed by atoms with Gasteiger partial charge in [0.1, 0.15) is 0 Å². The molecule has 0 atom stereocenters. The molecule has 0 aliphatic carbocycles. The average molecular weight is 380 g/mol. The lowest BCUT2D eigenvalue weighted by atomic mass is 9.91. The Morgan fingerprint density at radius 1 is 0.367 bits per heavy atom. The smallest absolute Gasteiger partial charge is 0.0979 e. The minimum absolute atomic E-state index is 0.930. The Hall–Kier alpha value is -4.04. The van der Waals surface area contributed by atoms with Crippen molar-refractivity contribution in [2.45, 2.75) is 0 Å². The third-order valence-corrected chi connectivity index (χ3v) is 6.19. The lowest BCUT2D eigenvalue weighted by molar-refractivity contribution is 1.42. The van der Waals surface area contributed by atoms with Gasteiger partial charge in [-0.15, -0.1) is 0 Å². The zero-order valence-electron chi connectivity index (χ0n) is 16.1. The Morgan fingerprint density at radius 2 is 0.800 bits per heavy atom. The molecular weight excluding hydrogens is 364 g/mol. The number of para-hydroxylation sites is 2. The Kier molecular flexibility index (Phi) is 3.03. The molecule has 0 amide bonds. The van der Waals surface area contributed by atoms with Crippen LogP contribution in [0, 0.1) is 0 Å². The molecule has 0 radical (unpaired) electrons. The maximum absolute atomic E-state index is 5.08. The summed E-state index contributed by atoms with van der Waals surface area (Å²) in [6.45, 7) is 0. The van der Waals surface area contributed by atoms with E-state index in [1.807, 2.05) is 24.3 Å². The molecule has 0 unspecified atom stereocenters. The SMILES string of the molecule is c1ccc2c(c1)ccc1c3nc4ccccc4nc3c3ccc4ccccc4c3c21. The van der Waals surface area contributed by atoms with Crippen LogP contribution >= 0.6 is 0 Å². The van der Waals surface area contributed by atoms with Gasteiger partial charge in [0.2, 0.25) is 0 Å². The van der Waals surface area contributed by atoms with Crippen LogP contribution in [0.1, 0.15) is 0 Å². The van der Waals surface area contributed by atoms with E-state index in [-0.39, 0.29) is 0 Å². The first-order chi connectivity index (χ1) is 14.9. The third-order valence-electron chi connectivity index (χ3n) is 6.19. The van der Waals surface area contributed by atoms with Gasteiger partial charge in [0.25, 0.3) is 0 Å². The second kappa shape index (κ2) is 5.74. The molecule has 7 rings (SSSR count). The van der Waals surface area contributed by atoms with Crippen LogP contribution in [-0.4, -0.2) is 9.97 Å². The summed E-state index contributed by atoms with van der Waals surface area (Å²) in [6, 6.07) is 34.2. The number of aromatic nitrogens is 2. The van der Waals surface area contributed by atoms with Gasteiger partial charge in [-0.25, -0.2) is 9.97 Å². The summed E-state index contributed by atoms with van der Waals surface area (Å²) >= 11 is 0. The number of benzene rings is 6. The van der Waals surface area contributed by atoms with Crippen molar-refractivity contribution < 1.29 is 0 Å². The molecule has 2 heteroatoms. The molecule has 1 aromatic heterocycles. The van der Waals surface area contributed by atoms with E-state index in [1.165, 1.54) is 32.3 Å². The van der Waals surface area contributed by atoms with Crippen molar-refractivity contribution in [2.75, 3.05) is 0 Å². The number of hydrogen-bond donors (Lipinski definition) is 0. The van der Waals surface area contributed by atoms with Gasteiger partial charge in [0, 0.05) is 21.5 Å². The molecule has 0 N–H and O–H groups in total. The number of nitrogens with zero attached hydrogens (tertiary/aromatic N) is 2. The van der Waals surface area contributed by atoms with Crippen LogP contribution in [0.2, 0.25) is 0 Å². The van der Waals surface area contributed by atoms with Crippen molar-refractivity contribution in [3.05, 3.63) is 97.1 Å². The van der Waals surface area contributed by atoms with Gasteiger partial charge >= 0.3 is 0 Å². The van der Waals surface area contributed by atoms with E-state index >= 15 is 0 Å². The first-order valence-corrected chi connectivity index (χ1v) is 10.2. The first kappa shape index (κ1) is 15.8. The fourth-order valence-electron chi connectivity index (χ4n) is 4.85. The maximum atomic E-state index is 5.08. The molecular formula is C28H16N2. The molecule has 30 heavy (non-hydrogen) atoms. The summed E-state index contributed by atoms with van der Waals surface area (Å²) in [5.41, 5.74) is 3.80. The molecule has 138 valence electrons. The number of fused-ring (bicyclic) bond motifs is 11. The maximum Gasteiger partial charge on any atom is 0.0979 e. The second-order valence-electron chi connectivity index (χ2n) is 7.83. The van der Waals surface area contributed by atoms with E-state index in [1.54, 1.807) is 0 Å². The summed E-state index contributed by atoms with van der Waals surface area (Å²) in [6.07, 6.45) is 0. The van der Waals surface area contributed by atoms with Gasteiger partial charge in [-0.3, -0.25) is 0 Å². The van der Waals surface area contributed by atoms with E-state index in [0.717, 1.165) is 32.8 Å². The molecule has 6 aromatic carbocycles. The van der Waals surface area contributed by atoms with Crippen molar-refractivity contribution in [3.63, 3.8) is 0 Å². The van der Waals surface area contributed by atoms with Crippen LogP contribution in [0.3, 0.4) is 0 Å². The molecule has 0 fully saturated rings. The molecule has 0 saturated heterocycles. The Balaban J connectivity index is 1.90. The van der Waals surface area contributed by atoms with Gasteiger partial charge in [0.05, 0.1) is 22.1 Å². The standard InChI is InChI=1S/C28H16N2/c1-3-9-19-17(7-1)13-15-21-25(19)26-20-10-4-2-8-18(20)14-16-22(26)28-27(21)29-23-11-5-6-12-24(23)30-28/h1-16H. The average Bonchev–Trinajstić information content (AvgIpc) is 2.82. The molecule has 2 nitrogen and oxygen atoms in total. The van der Waals surface area contributed by atoms with Crippen LogP contribution in [-0.2, 0) is 0 Å². The van der Waals surface area contributed by atoms with Gasteiger partial charge in [0.15, 0.2) is 0 Å². The van der Waals surface area contributed by atoms with E-state index in [9.17, 15) is 0 Å². The largest absolute Gasteiger partial charge is 0.244 e. The van der Waals surface area contributed by atoms with Crippen molar-refractivity contribution in [2.24, 2.45) is 0 Å². The minimum Gasteiger partial charge on any atom is -0.244 e. The highest BCUT2D eigenvalue weighted by Gasteiger charge is 2.16. The predicted molar refractivity (Wildman–Crippen MR) is 127 cm³/mol. The zero-order chi connectivity index (χ0) is 19.7. The Bertz CT molecular complexity index is 1660. The highest BCUT2D eigenvalue weighted by Crippen LogP contribution is 2.41. The van der Waals surface area contributed by atoms with Crippen molar-refractivity contribution in [1.29, 1.82) is 0 Å². The van der Waals surface area contributed by atoms with Crippen molar-refractivity contribution >= 4 is 65.2 Å². The first-order valence-electron chi connectivity index (χ1n) is 10.2. The lowest BCUT2D eigenvalue weighted by Crippen LogP contribution is -1.92. The Morgan fingerprint density at radius 3 is 1.30 bits per heavy atom. The van der Waals surface area contributed by atoms with E-state index in [2.05, 4.69) is 72.8 Å². The monoisotopic (exact) mass is 380 g/mol. The van der Waals surface area contributed by atoms with E-state index in [4.69, 9.17) is 9.97 Å². The number of hydrogen-bond acceptors (Lipinski definition) is 2. The predicted octanol–water partition coefficient (Wildman–Crippen LogP) is 7.40. The summed E-state index contributed by atoms with van der Waals surface area (Å²) in [5, 5.41) is 9.84. The normalized spacial score (nSPS) is 12.0. The molecule has 0 bridgehead atoms. The van der Waals surface area contributed by atoms with Crippen LogP contribution in [0.15, 0.2) is 97.1 Å². The highest BCUT2D eigenvalue weighted by atomic mass is 14.8. The third kappa shape index (κ3) is 2.03. The van der Waals surface area contributed by atoms with Gasteiger partial charge in [-0.1, -0.05) is 84.9 Å². The van der Waals surface area contributed by atoms with Gasteiger partial charge in [-0.2, -0.15) is 0 Å². The highest BCUT2D eigenvalue weighted by molar-refractivity contribution is 6.35. The van der Waals surface area contributed by atoms with E-state index in [0.29, 0.717) is 0 Å². The zero-order valence-corrected chi connectivity index (χ0v) is 16.1. The minimum atomic E-state index is 0.930. The van der Waals surface area contributed by atoms with E-state index < -0.39 is 0 Å². The molecule has 7 aromatic rings. The second-order valence-corrected chi connectivity index (χ2v) is 7.83. The molecule has 0 spiro atoms.